The zero-order chi connectivity index (χ0) is 49.5. The van der Waals surface area contributed by atoms with Crippen LogP contribution in [0.4, 0.5) is 0 Å². The molecule has 8 atom stereocenters. The van der Waals surface area contributed by atoms with Gasteiger partial charge in [-0.05, 0) is 57.9 Å². The first kappa shape index (κ1) is 51.0. The van der Waals surface area contributed by atoms with Crippen LogP contribution in [0.2, 0.25) is 0 Å². The predicted molar refractivity (Wildman–Crippen MR) is 247 cm³/mol. The highest BCUT2D eigenvalue weighted by Gasteiger charge is 2.54. The van der Waals surface area contributed by atoms with Gasteiger partial charge in [0.15, 0.2) is 5.79 Å². The molecule has 1 aromatic rings. The summed E-state index contributed by atoms with van der Waals surface area (Å²) in [6.45, 7) is 21.6. The van der Waals surface area contributed by atoms with Crippen LogP contribution in [0.3, 0.4) is 0 Å². The van der Waals surface area contributed by atoms with Crippen LogP contribution in [-0.2, 0) is 33.3 Å². The summed E-state index contributed by atoms with van der Waals surface area (Å²) < 4.78 is 30.6. The second kappa shape index (κ2) is 19.7. The van der Waals surface area contributed by atoms with Gasteiger partial charge in [-0.3, -0.25) is 29.0 Å². The van der Waals surface area contributed by atoms with Crippen LogP contribution in [0.25, 0.3) is 0 Å². The molecule has 1 fully saturated rings. The fourth-order valence-electron chi connectivity index (χ4n) is 10.0. The summed E-state index contributed by atoms with van der Waals surface area (Å²) in [5, 5.41) is 38.6. The van der Waals surface area contributed by atoms with E-state index in [0.717, 1.165) is 6.54 Å². The number of rotatable bonds is 8. The molecule has 17 nitrogen and oxygen atoms in total. The fourth-order valence-corrected chi connectivity index (χ4v) is 10.0. The van der Waals surface area contributed by atoms with Crippen molar-refractivity contribution in [2.75, 3.05) is 26.7 Å². The van der Waals surface area contributed by atoms with Crippen molar-refractivity contribution in [3.8, 4) is 11.5 Å². The summed E-state index contributed by atoms with van der Waals surface area (Å²) in [4.78, 5) is 76.0. The number of fused-ring (bicyclic) bond motifs is 3. The second-order valence-electron chi connectivity index (χ2n) is 20.0. The van der Waals surface area contributed by atoms with Gasteiger partial charge in [-0.2, -0.15) is 0 Å². The highest BCUT2D eigenvalue weighted by molar-refractivity contribution is 6.34. The summed E-state index contributed by atoms with van der Waals surface area (Å²) in [5.41, 5.74) is -0.262. The lowest BCUT2D eigenvalue weighted by atomic mass is 9.79. The third-order valence-electron chi connectivity index (χ3n) is 13.3. The number of carbonyl (C=O) groups excluding carboxylic acids is 4. The number of aliphatic carboxylic acids is 1. The number of carboxylic acids is 1. The largest absolute Gasteiger partial charge is 0.507 e. The molecule has 1 saturated heterocycles. The lowest BCUT2D eigenvalue weighted by Crippen LogP contribution is -2.50. The van der Waals surface area contributed by atoms with Gasteiger partial charge in [0.05, 0.1) is 41.0 Å². The lowest BCUT2D eigenvalue weighted by Gasteiger charge is -2.41. The first-order valence-electron chi connectivity index (χ1n) is 23.2. The number of allylic oxidation sites excluding steroid dienone is 5. The molecule has 4 unspecified atom stereocenters. The summed E-state index contributed by atoms with van der Waals surface area (Å²) in [6, 6.07) is 0. The average Bonchev–Trinajstić information content (AvgIpc) is 3.73. The number of phenols is 1. The van der Waals surface area contributed by atoms with Crippen molar-refractivity contribution >= 4 is 35.1 Å². The maximum absolute atomic E-state index is 14.8. The van der Waals surface area contributed by atoms with E-state index < -0.39 is 89.0 Å². The molecule has 0 saturated carbocycles. The van der Waals surface area contributed by atoms with Crippen molar-refractivity contribution in [3.05, 3.63) is 69.8 Å². The number of aromatic hydroxyl groups is 1. The predicted octanol–water partition coefficient (Wildman–Crippen LogP) is 5.85. The molecular formula is C50H68N4O13. The normalized spacial score (nSPS) is 31.0. The second-order valence-corrected chi connectivity index (χ2v) is 20.0. The van der Waals surface area contributed by atoms with Crippen molar-refractivity contribution < 1.29 is 63.0 Å². The first-order chi connectivity index (χ1) is 31.3. The topological polar surface area (TPSA) is 232 Å². The summed E-state index contributed by atoms with van der Waals surface area (Å²) in [6.07, 6.45) is 6.12. The molecule has 5 N–H and O–H groups in total. The van der Waals surface area contributed by atoms with E-state index >= 15 is 0 Å². The van der Waals surface area contributed by atoms with Gasteiger partial charge in [-0.1, -0.05) is 59.8 Å². The third-order valence-corrected chi connectivity index (χ3v) is 13.3. The number of carboxylic acid groups (broad SMARTS) is 1. The molecule has 0 radical (unpaired) electrons. The number of phenolic OH excluding ortho intramolecular Hbond substituents is 1. The minimum absolute atomic E-state index is 0.000337. The lowest BCUT2D eigenvalue weighted by molar-refractivity contribution is -0.238. The number of ketones is 2. The number of aliphatic hydroxyl groups is 1. The van der Waals surface area contributed by atoms with Gasteiger partial charge in [0, 0.05) is 75.0 Å². The van der Waals surface area contributed by atoms with Crippen LogP contribution in [0.1, 0.15) is 127 Å². The molecule has 1 aliphatic carbocycles. The maximum Gasteiger partial charge on any atom is 0.317 e. The highest BCUT2D eigenvalue weighted by Crippen LogP contribution is 2.50. The molecule has 366 valence electrons. The van der Waals surface area contributed by atoms with E-state index in [-0.39, 0.29) is 62.5 Å². The standard InChI is InChI=1S/C50H68N4O13/c1-25(2)24-54-19-17-50(18-20-54)52-38-35-36-41(58)30(7)45-37(35)46(60)49(11,67-45)64-21-16-32(63-12)29(6)44(65-34(57)23-33(55)56)31(8)43(66-48(9,10)62)28(5)22-26(3)14-13-15-27(4)47(61)51-40(42(36)59)39(38)53-50/h13-16,21,25-26,28-29,31-32,43-44,53,58,62H,17-20,22-24H2,1-12H3,(H,51,61)(H,55,56)/b14-13+,21-16+,27-15-/t26?,28-,29-,31-,32+,43?,44?,49?/m1/s1. The van der Waals surface area contributed by atoms with Crippen molar-refractivity contribution in [2.45, 2.75) is 137 Å². The van der Waals surface area contributed by atoms with Gasteiger partial charge < -0.3 is 54.5 Å². The van der Waals surface area contributed by atoms with Crippen LogP contribution in [0.5, 0.6) is 11.5 Å². The first-order valence-corrected chi connectivity index (χ1v) is 23.2. The zero-order valence-corrected chi connectivity index (χ0v) is 40.8. The number of Topliss-reactive ketones (excluding diaryl/α,β-unsaturated/α-hetero) is 2. The smallest absolute Gasteiger partial charge is 0.317 e. The van der Waals surface area contributed by atoms with Crippen molar-refractivity contribution in [2.24, 2.45) is 34.6 Å². The van der Waals surface area contributed by atoms with Gasteiger partial charge in [0.25, 0.3) is 11.7 Å². The van der Waals surface area contributed by atoms with Crippen LogP contribution in [0.15, 0.2) is 52.5 Å². The molecule has 0 aromatic heterocycles. The Kier molecular flexibility index (Phi) is 15.0. The summed E-state index contributed by atoms with van der Waals surface area (Å²) >= 11 is 0. The Bertz CT molecular complexity index is 2310. The monoisotopic (exact) mass is 932 g/mol. The number of ether oxygens (including phenoxy) is 5. The van der Waals surface area contributed by atoms with E-state index in [1.165, 1.54) is 47.1 Å². The van der Waals surface area contributed by atoms with Crippen molar-refractivity contribution in [3.63, 3.8) is 0 Å². The van der Waals surface area contributed by atoms with Crippen LogP contribution < -0.4 is 15.4 Å². The minimum atomic E-state index is -2.03. The van der Waals surface area contributed by atoms with E-state index in [9.17, 15) is 39.3 Å². The van der Waals surface area contributed by atoms with Gasteiger partial charge in [0.1, 0.15) is 35.4 Å². The Morgan fingerprint density at radius 1 is 1.00 bits per heavy atom. The SMILES string of the molecule is CO[C@H]1/C=C/OC2(C)Oc3c(C)c(O)c4c(c3C2=O)C2=NC3(CCN(CC(C)C)CC3)NC2=C(NC(=O)/C(C)=C\C=C\C(C)C[C@@H](C)C(OC(C)(C)O)[C@@H](C)C(OC(=O)CC(=O)O)[C@@H]1C)C4=O. The van der Waals surface area contributed by atoms with E-state index in [0.29, 0.717) is 38.3 Å². The Hall–Kier alpha value is -5.36. The molecule has 4 aliphatic heterocycles. The molecule has 17 heteroatoms. The molecular weight excluding hydrogens is 865 g/mol. The molecule has 6 rings (SSSR count). The molecule has 1 aromatic carbocycles. The Balaban J connectivity index is 1.49. The molecule has 4 heterocycles. The number of amides is 1. The van der Waals surface area contributed by atoms with Gasteiger partial charge >= 0.3 is 17.7 Å². The number of benzene rings is 1. The fraction of sp³-hybridized carbons (Fsp3) is 0.600. The number of nitrogens with zero attached hydrogens (tertiary/aromatic N) is 2. The van der Waals surface area contributed by atoms with Gasteiger partial charge in [-0.15, -0.1) is 0 Å². The number of piperidine rings is 1. The zero-order valence-electron chi connectivity index (χ0n) is 40.8. The molecule has 5 bridgehead atoms. The van der Waals surface area contributed by atoms with Crippen molar-refractivity contribution in [1.82, 2.24) is 15.5 Å². The van der Waals surface area contributed by atoms with Gasteiger partial charge in [-0.25, -0.2) is 0 Å². The number of carbonyl (C=O) groups is 5. The van der Waals surface area contributed by atoms with Crippen LogP contribution in [-0.4, -0.2) is 118 Å². The summed E-state index contributed by atoms with van der Waals surface area (Å²) in [5.74, 6) is -9.65. The van der Waals surface area contributed by atoms with Gasteiger partial charge in [0.2, 0.25) is 5.78 Å². The quantitative estimate of drug-likeness (QED) is 0.117. The Morgan fingerprint density at radius 3 is 2.28 bits per heavy atom. The number of aliphatic imine (C=N–C) groups is 1. The molecule has 67 heavy (non-hydrogen) atoms. The number of likely N-dealkylation sites (tertiary alicyclic amines) is 1. The van der Waals surface area contributed by atoms with E-state index in [4.69, 9.17) is 28.7 Å². The van der Waals surface area contributed by atoms with Crippen molar-refractivity contribution in [1.29, 1.82) is 0 Å². The molecule has 1 spiro atoms. The van der Waals surface area contributed by atoms with Crippen LogP contribution in [0, 0.1) is 36.5 Å². The summed E-state index contributed by atoms with van der Waals surface area (Å²) in [7, 11) is 1.43. The third kappa shape index (κ3) is 10.7. The van der Waals surface area contributed by atoms with Crippen LogP contribution >= 0.6 is 0 Å². The number of esters is 1. The molecule has 5 aliphatic rings. The molecule has 1 amide bonds. The highest BCUT2D eigenvalue weighted by atomic mass is 16.7. The number of hydrogen-bond acceptors (Lipinski definition) is 15. The Labute approximate surface area is 392 Å². The van der Waals surface area contributed by atoms with E-state index in [1.54, 1.807) is 32.9 Å². The number of methoxy groups -OCH3 is 1. The number of nitrogens with one attached hydrogen (secondary N) is 2. The average molecular weight is 933 g/mol. The maximum atomic E-state index is 14.8. The van der Waals surface area contributed by atoms with E-state index in [1.807, 2.05) is 19.9 Å². The van der Waals surface area contributed by atoms with E-state index in [2.05, 4.69) is 29.4 Å². The Morgan fingerprint density at radius 2 is 1.67 bits per heavy atom. The number of hydrogen-bond donors (Lipinski definition) is 5. The minimum Gasteiger partial charge on any atom is -0.507 e.